The molecule has 0 saturated heterocycles. The summed E-state index contributed by atoms with van der Waals surface area (Å²) in [6.07, 6.45) is 0.436. The molecule has 2 amide bonds. The molecule has 0 heterocycles. The Hall–Kier alpha value is -2.76. The molecule has 1 aliphatic rings. The van der Waals surface area contributed by atoms with Crippen molar-refractivity contribution in [3.63, 3.8) is 0 Å². The smallest absolute Gasteiger partial charge is 0.228 e. The normalized spacial score (nSPS) is 18.5. The molecule has 2 aromatic carbocycles. The van der Waals surface area contributed by atoms with Crippen LogP contribution in [-0.4, -0.2) is 11.8 Å². The van der Waals surface area contributed by atoms with Crippen molar-refractivity contribution in [1.29, 1.82) is 0 Å². The lowest BCUT2D eigenvalue weighted by Gasteiger charge is -2.09. The van der Waals surface area contributed by atoms with E-state index in [2.05, 4.69) is 24.5 Å². The zero-order valence-electron chi connectivity index (χ0n) is 14.6. The lowest BCUT2D eigenvalue weighted by atomic mass is 10.0. The van der Waals surface area contributed by atoms with Gasteiger partial charge in [-0.1, -0.05) is 26.0 Å². The number of nitrogens with one attached hydrogen (secondary N) is 2. The van der Waals surface area contributed by atoms with Crippen LogP contribution in [0.15, 0.2) is 42.5 Å². The Morgan fingerprint density at radius 3 is 1.96 bits per heavy atom. The highest BCUT2D eigenvalue weighted by Crippen LogP contribution is 2.40. The van der Waals surface area contributed by atoms with Gasteiger partial charge in [-0.25, -0.2) is 8.78 Å². The van der Waals surface area contributed by atoms with Crippen molar-refractivity contribution >= 4 is 23.2 Å². The van der Waals surface area contributed by atoms with Crippen LogP contribution < -0.4 is 10.6 Å². The first kappa shape index (κ1) is 18.0. The molecule has 0 radical (unpaired) electrons. The molecule has 2 unspecified atom stereocenters. The van der Waals surface area contributed by atoms with Gasteiger partial charge >= 0.3 is 0 Å². The molecule has 1 saturated carbocycles. The number of halogens is 2. The predicted molar refractivity (Wildman–Crippen MR) is 95.7 cm³/mol. The number of hydrogen-bond donors (Lipinski definition) is 2. The Morgan fingerprint density at radius 2 is 1.42 bits per heavy atom. The lowest BCUT2D eigenvalue weighted by molar-refractivity contribution is -0.122. The number of benzene rings is 2. The van der Waals surface area contributed by atoms with Crippen molar-refractivity contribution in [2.45, 2.75) is 26.2 Å². The Balaban J connectivity index is 1.54. The van der Waals surface area contributed by atoms with Crippen molar-refractivity contribution in [3.8, 4) is 0 Å². The third kappa shape index (κ3) is 4.07. The first-order chi connectivity index (χ1) is 12.3. The minimum Gasteiger partial charge on any atom is -0.326 e. The SMILES string of the molecule is CC(C)c1ccc(NC(=O)C2CC2C(=O)Nc2ccc(F)c(F)c2)cc1. The lowest BCUT2D eigenvalue weighted by Crippen LogP contribution is -2.20. The highest BCUT2D eigenvalue weighted by atomic mass is 19.2. The van der Waals surface area contributed by atoms with E-state index < -0.39 is 23.5 Å². The fourth-order valence-electron chi connectivity index (χ4n) is 2.77. The third-order valence-electron chi connectivity index (χ3n) is 4.50. The van der Waals surface area contributed by atoms with Crippen LogP contribution in [0, 0.1) is 23.5 Å². The van der Waals surface area contributed by atoms with Crippen LogP contribution >= 0.6 is 0 Å². The fraction of sp³-hybridized carbons (Fsp3) is 0.300. The summed E-state index contributed by atoms with van der Waals surface area (Å²) in [4.78, 5) is 24.4. The van der Waals surface area contributed by atoms with Crippen LogP contribution in [0.4, 0.5) is 20.2 Å². The van der Waals surface area contributed by atoms with Gasteiger partial charge in [0.1, 0.15) is 0 Å². The van der Waals surface area contributed by atoms with E-state index in [4.69, 9.17) is 0 Å². The molecule has 2 atom stereocenters. The largest absolute Gasteiger partial charge is 0.326 e. The van der Waals surface area contributed by atoms with E-state index in [1.165, 1.54) is 11.6 Å². The zero-order chi connectivity index (χ0) is 18.8. The molecule has 2 aromatic rings. The second kappa shape index (κ2) is 7.23. The average Bonchev–Trinajstić information content (AvgIpc) is 3.39. The van der Waals surface area contributed by atoms with Crippen LogP contribution in [0.2, 0.25) is 0 Å². The van der Waals surface area contributed by atoms with E-state index in [0.717, 1.165) is 12.1 Å². The van der Waals surface area contributed by atoms with E-state index in [1.54, 1.807) is 0 Å². The van der Waals surface area contributed by atoms with Gasteiger partial charge in [0.15, 0.2) is 11.6 Å². The number of hydrogen-bond acceptors (Lipinski definition) is 2. The highest BCUT2D eigenvalue weighted by Gasteiger charge is 2.48. The summed E-state index contributed by atoms with van der Waals surface area (Å²) >= 11 is 0. The standard InChI is InChI=1S/C20H20F2N2O2/c1-11(2)12-3-5-13(6-4-12)23-19(25)15-10-16(15)20(26)24-14-7-8-17(21)18(22)9-14/h3-9,11,15-16H,10H2,1-2H3,(H,23,25)(H,24,26). The minimum absolute atomic E-state index is 0.171. The van der Waals surface area contributed by atoms with Gasteiger partial charge in [-0.05, 0) is 42.2 Å². The highest BCUT2D eigenvalue weighted by molar-refractivity contribution is 6.03. The predicted octanol–water partition coefficient (Wildman–Crippen LogP) is 4.30. The van der Waals surface area contributed by atoms with Gasteiger partial charge in [0.25, 0.3) is 0 Å². The minimum atomic E-state index is -1.03. The van der Waals surface area contributed by atoms with Gasteiger partial charge in [0.05, 0.1) is 11.8 Å². The summed E-state index contributed by atoms with van der Waals surface area (Å²) in [5.41, 5.74) is 2.04. The summed E-state index contributed by atoms with van der Waals surface area (Å²) in [5.74, 6) is -3.05. The fourth-order valence-corrected chi connectivity index (χ4v) is 2.77. The first-order valence-corrected chi connectivity index (χ1v) is 8.52. The Morgan fingerprint density at radius 1 is 0.885 bits per heavy atom. The third-order valence-corrected chi connectivity index (χ3v) is 4.50. The molecule has 1 aliphatic carbocycles. The number of carbonyl (C=O) groups excluding carboxylic acids is 2. The molecule has 26 heavy (non-hydrogen) atoms. The molecular formula is C20H20F2N2O2. The quantitative estimate of drug-likeness (QED) is 0.837. The van der Waals surface area contributed by atoms with Gasteiger partial charge in [-0.15, -0.1) is 0 Å². The van der Waals surface area contributed by atoms with E-state index in [0.29, 0.717) is 18.0 Å². The summed E-state index contributed by atoms with van der Waals surface area (Å²) in [6.45, 7) is 4.18. The van der Waals surface area contributed by atoms with Crippen LogP contribution in [0.3, 0.4) is 0 Å². The number of rotatable bonds is 5. The second-order valence-electron chi connectivity index (χ2n) is 6.83. The molecule has 0 aromatic heterocycles. The second-order valence-corrected chi connectivity index (χ2v) is 6.83. The summed E-state index contributed by atoms with van der Waals surface area (Å²) in [5, 5.41) is 5.32. The topological polar surface area (TPSA) is 58.2 Å². The molecule has 1 fully saturated rings. The van der Waals surface area contributed by atoms with Crippen molar-refractivity contribution in [3.05, 3.63) is 59.7 Å². The molecule has 0 spiro atoms. The van der Waals surface area contributed by atoms with Crippen LogP contribution in [0.25, 0.3) is 0 Å². The van der Waals surface area contributed by atoms with Gasteiger partial charge in [0.2, 0.25) is 11.8 Å². The van der Waals surface area contributed by atoms with E-state index >= 15 is 0 Å². The van der Waals surface area contributed by atoms with Gasteiger partial charge < -0.3 is 10.6 Å². The summed E-state index contributed by atoms with van der Waals surface area (Å²) in [7, 11) is 0. The summed E-state index contributed by atoms with van der Waals surface area (Å²) < 4.78 is 26.1. The van der Waals surface area contributed by atoms with Gasteiger partial charge in [0, 0.05) is 17.4 Å². The Bertz CT molecular complexity index is 834. The van der Waals surface area contributed by atoms with E-state index in [9.17, 15) is 18.4 Å². The van der Waals surface area contributed by atoms with Crippen LogP contribution in [0.5, 0.6) is 0 Å². The Labute approximate surface area is 150 Å². The zero-order valence-corrected chi connectivity index (χ0v) is 14.6. The molecule has 4 nitrogen and oxygen atoms in total. The first-order valence-electron chi connectivity index (χ1n) is 8.52. The van der Waals surface area contributed by atoms with Gasteiger partial charge in [-0.2, -0.15) is 0 Å². The maximum absolute atomic E-state index is 13.2. The van der Waals surface area contributed by atoms with Gasteiger partial charge in [-0.3, -0.25) is 9.59 Å². The maximum Gasteiger partial charge on any atom is 0.228 e. The maximum atomic E-state index is 13.2. The average molecular weight is 358 g/mol. The van der Waals surface area contributed by atoms with Crippen molar-refractivity contribution in [2.75, 3.05) is 10.6 Å². The molecule has 0 bridgehead atoms. The van der Waals surface area contributed by atoms with Crippen molar-refractivity contribution in [1.82, 2.24) is 0 Å². The van der Waals surface area contributed by atoms with Crippen molar-refractivity contribution < 1.29 is 18.4 Å². The van der Waals surface area contributed by atoms with E-state index in [1.807, 2.05) is 24.3 Å². The number of carbonyl (C=O) groups is 2. The molecular weight excluding hydrogens is 338 g/mol. The molecule has 3 rings (SSSR count). The molecule has 2 N–H and O–H groups in total. The van der Waals surface area contributed by atoms with Crippen LogP contribution in [0.1, 0.15) is 31.7 Å². The Kier molecular flexibility index (Phi) is 5.02. The molecule has 136 valence electrons. The monoisotopic (exact) mass is 358 g/mol. The van der Waals surface area contributed by atoms with Crippen molar-refractivity contribution in [2.24, 2.45) is 11.8 Å². The molecule has 6 heteroatoms. The number of anilines is 2. The number of amides is 2. The summed E-state index contributed by atoms with van der Waals surface area (Å²) in [6, 6.07) is 10.7. The molecule has 0 aliphatic heterocycles. The van der Waals surface area contributed by atoms with Crippen LogP contribution in [-0.2, 0) is 9.59 Å². The van der Waals surface area contributed by atoms with E-state index in [-0.39, 0.29) is 17.5 Å².